The van der Waals surface area contributed by atoms with E-state index in [1.54, 1.807) is 12.0 Å². The van der Waals surface area contributed by atoms with Crippen LogP contribution < -0.4 is 4.74 Å². The van der Waals surface area contributed by atoms with Gasteiger partial charge in [0, 0.05) is 24.0 Å². The van der Waals surface area contributed by atoms with Gasteiger partial charge in [-0.05, 0) is 53.1 Å². The van der Waals surface area contributed by atoms with Crippen LogP contribution in [0.4, 0.5) is 0 Å². The molecule has 0 aliphatic carbocycles. The van der Waals surface area contributed by atoms with E-state index in [0.717, 1.165) is 25.9 Å². The van der Waals surface area contributed by atoms with Crippen molar-refractivity contribution in [3.8, 4) is 11.5 Å². The summed E-state index contributed by atoms with van der Waals surface area (Å²) in [5.41, 5.74) is 4.04. The summed E-state index contributed by atoms with van der Waals surface area (Å²) in [6, 6.07) is 6.64. The number of nitrogens with zero attached hydrogens (tertiary/aromatic N) is 1. The number of methoxy groups -OCH3 is 1. The van der Waals surface area contributed by atoms with Gasteiger partial charge in [-0.25, -0.2) is 0 Å². The molecule has 0 amide bonds. The van der Waals surface area contributed by atoms with Gasteiger partial charge in [0.25, 0.3) is 0 Å². The Morgan fingerprint density at radius 2 is 2.25 bits per heavy atom. The normalized spacial score (nSPS) is 20.9. The largest absolute Gasteiger partial charge is 0.504 e. The number of phenolic OH excluding ortho intramolecular Hbond substituents is 1. The molecule has 1 N–H and O–H groups in total. The molecule has 3 heterocycles. The summed E-state index contributed by atoms with van der Waals surface area (Å²) in [5.74, 6) is 0.830. The molecule has 0 bridgehead atoms. The van der Waals surface area contributed by atoms with E-state index in [2.05, 4.69) is 16.3 Å². The Kier molecular flexibility index (Phi) is 2.75. The lowest BCUT2D eigenvalue weighted by Gasteiger charge is -2.40. The van der Waals surface area contributed by atoms with Crippen molar-refractivity contribution in [2.24, 2.45) is 0 Å². The summed E-state index contributed by atoms with van der Waals surface area (Å²) < 4.78 is 5.24. The van der Waals surface area contributed by atoms with Crippen LogP contribution in [-0.2, 0) is 19.4 Å². The van der Waals surface area contributed by atoms with E-state index < -0.39 is 0 Å². The van der Waals surface area contributed by atoms with Crippen LogP contribution in [-0.4, -0.2) is 23.7 Å². The Hall–Kier alpha value is -1.52. The number of thiophene rings is 1. The van der Waals surface area contributed by atoms with Crippen molar-refractivity contribution < 1.29 is 9.84 Å². The molecule has 2 aliphatic heterocycles. The maximum atomic E-state index is 9.95. The van der Waals surface area contributed by atoms with E-state index in [4.69, 9.17) is 4.74 Å². The lowest BCUT2D eigenvalue weighted by Crippen LogP contribution is -2.38. The Balaban J connectivity index is 1.76. The second-order valence-electron chi connectivity index (χ2n) is 5.53. The zero-order chi connectivity index (χ0) is 13.7. The van der Waals surface area contributed by atoms with E-state index in [1.807, 2.05) is 23.5 Å². The van der Waals surface area contributed by atoms with Crippen molar-refractivity contribution in [3.63, 3.8) is 0 Å². The average molecular weight is 287 g/mol. The highest BCUT2D eigenvalue weighted by Crippen LogP contribution is 2.42. The standard InChI is InChI=1S/C16H17NO2S/c1-19-15-8-10-6-13-12-3-5-20-16(12)2-4-17(13)9-11(10)7-14(15)18/h3,5,7-8,13,18H,2,4,6,9H2,1H3. The summed E-state index contributed by atoms with van der Waals surface area (Å²) in [6.45, 7) is 2.04. The first-order valence-corrected chi connectivity index (χ1v) is 7.83. The van der Waals surface area contributed by atoms with E-state index in [1.165, 1.54) is 16.7 Å². The van der Waals surface area contributed by atoms with Crippen LogP contribution >= 0.6 is 11.3 Å². The Morgan fingerprint density at radius 3 is 3.10 bits per heavy atom. The zero-order valence-electron chi connectivity index (χ0n) is 11.4. The highest BCUT2D eigenvalue weighted by Gasteiger charge is 2.33. The molecular weight excluding hydrogens is 270 g/mol. The molecule has 0 radical (unpaired) electrons. The van der Waals surface area contributed by atoms with E-state index in [0.29, 0.717) is 11.8 Å². The molecule has 3 nitrogen and oxygen atoms in total. The molecule has 4 heteroatoms. The molecule has 1 unspecified atom stereocenters. The first-order valence-electron chi connectivity index (χ1n) is 6.95. The number of ether oxygens (including phenoxy) is 1. The van der Waals surface area contributed by atoms with Gasteiger partial charge in [-0.3, -0.25) is 4.90 Å². The maximum Gasteiger partial charge on any atom is 0.160 e. The second kappa shape index (κ2) is 4.50. The maximum absolute atomic E-state index is 9.95. The third kappa shape index (κ3) is 1.75. The summed E-state index contributed by atoms with van der Waals surface area (Å²) in [7, 11) is 1.61. The van der Waals surface area contributed by atoms with Crippen molar-refractivity contribution >= 4 is 11.3 Å². The van der Waals surface area contributed by atoms with Crippen molar-refractivity contribution in [1.29, 1.82) is 0 Å². The average Bonchev–Trinajstić information content (AvgIpc) is 2.93. The van der Waals surface area contributed by atoms with Crippen molar-refractivity contribution in [2.75, 3.05) is 13.7 Å². The molecule has 0 saturated carbocycles. The molecule has 4 rings (SSSR count). The van der Waals surface area contributed by atoms with E-state index in [-0.39, 0.29) is 5.75 Å². The fraction of sp³-hybridized carbons (Fsp3) is 0.375. The smallest absolute Gasteiger partial charge is 0.160 e. The molecule has 0 fully saturated rings. The minimum Gasteiger partial charge on any atom is -0.504 e. The molecule has 0 spiro atoms. The summed E-state index contributed by atoms with van der Waals surface area (Å²) in [6.07, 6.45) is 2.16. The van der Waals surface area contributed by atoms with Gasteiger partial charge in [0.15, 0.2) is 11.5 Å². The number of hydrogen-bond donors (Lipinski definition) is 1. The molecule has 1 aromatic carbocycles. The van der Waals surface area contributed by atoms with Crippen LogP contribution in [0.15, 0.2) is 23.6 Å². The Morgan fingerprint density at radius 1 is 1.35 bits per heavy atom. The number of fused-ring (bicyclic) bond motifs is 4. The molecule has 104 valence electrons. The van der Waals surface area contributed by atoms with Crippen LogP contribution in [0.25, 0.3) is 0 Å². The van der Waals surface area contributed by atoms with Gasteiger partial charge < -0.3 is 9.84 Å². The summed E-state index contributed by atoms with van der Waals surface area (Å²) >= 11 is 1.88. The molecule has 20 heavy (non-hydrogen) atoms. The molecule has 1 aromatic heterocycles. The molecule has 2 aromatic rings. The number of phenols is 1. The van der Waals surface area contributed by atoms with Gasteiger partial charge in [-0.2, -0.15) is 0 Å². The third-order valence-electron chi connectivity index (χ3n) is 4.49. The molecular formula is C16H17NO2S. The van der Waals surface area contributed by atoms with Gasteiger partial charge in [0.1, 0.15) is 0 Å². The van der Waals surface area contributed by atoms with Crippen molar-refractivity contribution in [3.05, 3.63) is 45.1 Å². The van der Waals surface area contributed by atoms with Crippen molar-refractivity contribution in [2.45, 2.75) is 25.4 Å². The van der Waals surface area contributed by atoms with Crippen molar-refractivity contribution in [1.82, 2.24) is 4.90 Å². The molecule has 2 aliphatic rings. The summed E-state index contributed by atoms with van der Waals surface area (Å²) in [5, 5.41) is 12.2. The highest BCUT2D eigenvalue weighted by atomic mass is 32.1. The topological polar surface area (TPSA) is 32.7 Å². The van der Waals surface area contributed by atoms with Crippen LogP contribution in [0.2, 0.25) is 0 Å². The van der Waals surface area contributed by atoms with Crippen LogP contribution in [0.5, 0.6) is 11.5 Å². The molecule has 1 atom stereocenters. The number of rotatable bonds is 1. The van der Waals surface area contributed by atoms with Gasteiger partial charge in [0.05, 0.1) is 7.11 Å². The number of aromatic hydroxyl groups is 1. The SMILES string of the molecule is COc1cc2c(cc1O)CN1CCc3sccc3C1C2. The fourth-order valence-corrected chi connectivity index (χ4v) is 4.39. The van der Waals surface area contributed by atoms with E-state index >= 15 is 0 Å². The van der Waals surface area contributed by atoms with E-state index in [9.17, 15) is 5.11 Å². The highest BCUT2D eigenvalue weighted by molar-refractivity contribution is 7.10. The Labute approximate surface area is 122 Å². The van der Waals surface area contributed by atoms with Crippen LogP contribution in [0, 0.1) is 0 Å². The minimum absolute atomic E-state index is 0.248. The first kappa shape index (κ1) is 12.2. The van der Waals surface area contributed by atoms with Gasteiger partial charge in [-0.1, -0.05) is 0 Å². The summed E-state index contributed by atoms with van der Waals surface area (Å²) in [4.78, 5) is 4.07. The van der Waals surface area contributed by atoms with Gasteiger partial charge in [0.2, 0.25) is 0 Å². The molecule has 0 saturated heterocycles. The first-order chi connectivity index (χ1) is 9.76. The predicted octanol–water partition coefficient (Wildman–Crippen LogP) is 3.12. The third-order valence-corrected chi connectivity index (χ3v) is 5.49. The Bertz CT molecular complexity index is 664. The lowest BCUT2D eigenvalue weighted by molar-refractivity contribution is 0.162. The van der Waals surface area contributed by atoms with Crippen LogP contribution in [0.3, 0.4) is 0 Å². The number of benzene rings is 1. The van der Waals surface area contributed by atoms with Gasteiger partial charge >= 0.3 is 0 Å². The van der Waals surface area contributed by atoms with Crippen LogP contribution in [0.1, 0.15) is 27.6 Å². The quantitative estimate of drug-likeness (QED) is 0.874. The van der Waals surface area contributed by atoms with Gasteiger partial charge in [-0.15, -0.1) is 11.3 Å². The fourth-order valence-electron chi connectivity index (χ4n) is 3.46. The minimum atomic E-state index is 0.248. The second-order valence-corrected chi connectivity index (χ2v) is 6.53. The lowest BCUT2D eigenvalue weighted by atomic mass is 9.87. The monoisotopic (exact) mass is 287 g/mol. The zero-order valence-corrected chi connectivity index (χ0v) is 12.2. The predicted molar refractivity (Wildman–Crippen MR) is 79.5 cm³/mol. The number of hydrogen-bond acceptors (Lipinski definition) is 4.